The van der Waals surface area contributed by atoms with Gasteiger partial charge in [-0.05, 0) is 43.0 Å². The maximum Gasteiger partial charge on any atom is 0.263 e. The van der Waals surface area contributed by atoms with Gasteiger partial charge in [-0.1, -0.05) is 12.1 Å². The Morgan fingerprint density at radius 2 is 2.05 bits per heavy atom. The van der Waals surface area contributed by atoms with Crippen LogP contribution in [0.15, 0.2) is 41.3 Å². The maximum atomic E-state index is 13.2. The van der Waals surface area contributed by atoms with Crippen LogP contribution >= 0.6 is 0 Å². The smallest absolute Gasteiger partial charge is 0.263 e. The summed E-state index contributed by atoms with van der Waals surface area (Å²) >= 11 is 0. The zero-order valence-corrected chi connectivity index (χ0v) is 21.5. The number of hydrogen-bond acceptors (Lipinski definition) is 9. The van der Waals surface area contributed by atoms with Gasteiger partial charge in [0, 0.05) is 32.1 Å². The van der Waals surface area contributed by atoms with Gasteiger partial charge >= 0.3 is 0 Å². The van der Waals surface area contributed by atoms with Crippen LogP contribution < -0.4 is 15.6 Å². The van der Waals surface area contributed by atoms with E-state index in [1.807, 2.05) is 6.07 Å². The van der Waals surface area contributed by atoms with Gasteiger partial charge in [-0.25, -0.2) is 8.42 Å². The number of amides is 1. The standard InChI is InChI=1S/C25H26N6O6S/c1-30-21-19(11-20(24(30)33)22(32)27-13-18-5-3-17(12-26)4-6-18)14-28-29-23(21)37-15-25(7-8-25)38(34,35)31-9-2-10-36-16-31/h3-6,11,14H,2,7-10,13,15-16H2,1H3,(H,27,32). The Morgan fingerprint density at radius 1 is 1.29 bits per heavy atom. The molecule has 0 radical (unpaired) electrons. The number of nitriles is 1. The van der Waals surface area contributed by atoms with E-state index in [-0.39, 0.29) is 31.3 Å². The zero-order chi connectivity index (χ0) is 26.9. The topological polar surface area (TPSA) is 157 Å². The molecule has 2 aromatic heterocycles. The average Bonchev–Trinajstić information content (AvgIpc) is 3.75. The Morgan fingerprint density at radius 3 is 2.71 bits per heavy atom. The number of rotatable bonds is 8. The van der Waals surface area contributed by atoms with Crippen LogP contribution in [0.1, 0.15) is 40.7 Å². The summed E-state index contributed by atoms with van der Waals surface area (Å²) in [5.74, 6) is -0.550. The molecule has 198 valence electrons. The summed E-state index contributed by atoms with van der Waals surface area (Å²) in [5.41, 5.74) is 0.943. The van der Waals surface area contributed by atoms with Gasteiger partial charge in [0.1, 0.15) is 29.2 Å². The molecule has 2 aliphatic rings. The number of benzene rings is 1. The van der Waals surface area contributed by atoms with E-state index in [1.54, 1.807) is 24.3 Å². The molecule has 38 heavy (non-hydrogen) atoms. The molecular weight excluding hydrogens is 512 g/mol. The highest BCUT2D eigenvalue weighted by atomic mass is 32.2. The van der Waals surface area contributed by atoms with Gasteiger partial charge in [0.05, 0.1) is 17.8 Å². The third kappa shape index (κ3) is 4.73. The quantitative estimate of drug-likeness (QED) is 0.443. The lowest BCUT2D eigenvalue weighted by molar-refractivity contribution is 0.0302. The molecule has 0 atom stereocenters. The Balaban J connectivity index is 1.35. The number of aromatic nitrogens is 3. The van der Waals surface area contributed by atoms with Crippen LogP contribution in [0.25, 0.3) is 10.9 Å². The second-order valence-corrected chi connectivity index (χ2v) is 11.7. The van der Waals surface area contributed by atoms with Gasteiger partial charge < -0.3 is 19.4 Å². The largest absolute Gasteiger partial charge is 0.473 e. The first-order valence-electron chi connectivity index (χ1n) is 12.1. The van der Waals surface area contributed by atoms with Crippen molar-refractivity contribution in [2.24, 2.45) is 7.05 Å². The molecule has 1 amide bonds. The molecule has 0 spiro atoms. The molecule has 3 heterocycles. The fraction of sp³-hybridized carbons (Fsp3) is 0.400. The third-order valence-electron chi connectivity index (χ3n) is 6.87. The van der Waals surface area contributed by atoms with Crippen molar-refractivity contribution < 1.29 is 22.7 Å². The number of pyridine rings is 1. The fourth-order valence-electron chi connectivity index (χ4n) is 4.41. The number of carbonyl (C=O) groups excluding carboxylic acids is 1. The monoisotopic (exact) mass is 538 g/mol. The van der Waals surface area contributed by atoms with Gasteiger partial charge in [0.2, 0.25) is 10.0 Å². The van der Waals surface area contributed by atoms with Crippen molar-refractivity contribution in [2.45, 2.75) is 30.6 Å². The molecule has 1 aliphatic carbocycles. The molecule has 13 heteroatoms. The Kier molecular flexibility index (Phi) is 6.87. The molecule has 1 aromatic carbocycles. The number of nitrogens with zero attached hydrogens (tertiary/aromatic N) is 5. The summed E-state index contributed by atoms with van der Waals surface area (Å²) in [7, 11) is -2.15. The van der Waals surface area contributed by atoms with Crippen molar-refractivity contribution in [3.05, 3.63) is 63.6 Å². The molecule has 1 aliphatic heterocycles. The average molecular weight is 539 g/mol. The number of nitrogens with one attached hydrogen (secondary N) is 1. The molecular formula is C25H26N6O6S. The second-order valence-electron chi connectivity index (χ2n) is 9.41. The Bertz CT molecular complexity index is 1590. The van der Waals surface area contributed by atoms with Crippen molar-refractivity contribution in [2.75, 3.05) is 26.5 Å². The van der Waals surface area contributed by atoms with Gasteiger partial charge in [0.25, 0.3) is 17.3 Å². The number of aryl methyl sites for hydroxylation is 1. The zero-order valence-electron chi connectivity index (χ0n) is 20.7. The predicted octanol–water partition coefficient (Wildman–Crippen LogP) is 1.05. The predicted molar refractivity (Wildman–Crippen MR) is 136 cm³/mol. The third-order valence-corrected chi connectivity index (χ3v) is 9.46. The molecule has 3 aromatic rings. The van der Waals surface area contributed by atoms with Crippen molar-refractivity contribution in [1.29, 1.82) is 5.26 Å². The van der Waals surface area contributed by atoms with E-state index in [0.29, 0.717) is 48.9 Å². The minimum absolute atomic E-state index is 0.0167. The van der Waals surface area contributed by atoms with E-state index in [9.17, 15) is 18.0 Å². The lowest BCUT2D eigenvalue weighted by Crippen LogP contribution is -2.46. The molecule has 12 nitrogen and oxygen atoms in total. The summed E-state index contributed by atoms with van der Waals surface area (Å²) < 4.78 is 39.2. The summed E-state index contributed by atoms with van der Waals surface area (Å²) in [6.45, 7) is 1.00. The van der Waals surface area contributed by atoms with Crippen LogP contribution in [0.5, 0.6) is 5.88 Å². The van der Waals surface area contributed by atoms with Gasteiger partial charge in [0.15, 0.2) is 0 Å². The Hall–Kier alpha value is -3.86. The number of hydrogen-bond donors (Lipinski definition) is 1. The van der Waals surface area contributed by atoms with E-state index >= 15 is 0 Å². The minimum Gasteiger partial charge on any atom is -0.473 e. The highest BCUT2D eigenvalue weighted by Gasteiger charge is 2.58. The number of sulfonamides is 1. The Labute approximate surface area is 218 Å². The highest BCUT2D eigenvalue weighted by molar-refractivity contribution is 7.90. The van der Waals surface area contributed by atoms with Crippen molar-refractivity contribution in [3.63, 3.8) is 0 Å². The summed E-state index contributed by atoms with van der Waals surface area (Å²) in [6.07, 6.45) is 2.95. The molecule has 1 saturated heterocycles. The van der Waals surface area contributed by atoms with Gasteiger partial charge in [-0.15, -0.1) is 5.10 Å². The van der Waals surface area contributed by atoms with Crippen LogP contribution in [-0.2, 0) is 28.4 Å². The molecule has 2 fully saturated rings. The SMILES string of the molecule is Cn1c(=O)c(C(=O)NCc2ccc(C#N)cc2)cc2cnnc(OCC3(S(=O)(=O)N4CCCOC4)CC3)c21. The van der Waals surface area contributed by atoms with E-state index in [0.717, 1.165) is 5.56 Å². The first-order valence-corrected chi connectivity index (χ1v) is 13.5. The van der Waals surface area contributed by atoms with E-state index in [2.05, 4.69) is 15.5 Å². The van der Waals surface area contributed by atoms with E-state index in [1.165, 1.54) is 28.2 Å². The van der Waals surface area contributed by atoms with Crippen LogP contribution in [0.4, 0.5) is 0 Å². The number of carbonyl (C=O) groups is 1. The lowest BCUT2D eigenvalue weighted by Gasteiger charge is -2.30. The van der Waals surface area contributed by atoms with Crippen LogP contribution in [0, 0.1) is 11.3 Å². The molecule has 1 N–H and O–H groups in total. The number of ether oxygens (including phenoxy) is 2. The van der Waals surface area contributed by atoms with Crippen LogP contribution in [0.2, 0.25) is 0 Å². The molecule has 1 saturated carbocycles. The van der Waals surface area contributed by atoms with Gasteiger partial charge in [-0.2, -0.15) is 14.7 Å². The summed E-state index contributed by atoms with van der Waals surface area (Å²) in [4.78, 5) is 25.9. The maximum absolute atomic E-state index is 13.2. The molecule has 0 bridgehead atoms. The van der Waals surface area contributed by atoms with Crippen LogP contribution in [0.3, 0.4) is 0 Å². The molecule has 0 unspecified atom stereocenters. The van der Waals surface area contributed by atoms with E-state index < -0.39 is 26.2 Å². The second kappa shape index (κ2) is 10.1. The van der Waals surface area contributed by atoms with E-state index in [4.69, 9.17) is 14.7 Å². The highest BCUT2D eigenvalue weighted by Crippen LogP contribution is 2.46. The first-order chi connectivity index (χ1) is 18.3. The first kappa shape index (κ1) is 25.8. The normalized spacial score (nSPS) is 17.1. The summed E-state index contributed by atoms with van der Waals surface area (Å²) in [5, 5.41) is 20.0. The minimum atomic E-state index is -3.65. The lowest BCUT2D eigenvalue weighted by atomic mass is 10.1. The van der Waals surface area contributed by atoms with Crippen molar-refractivity contribution in [3.8, 4) is 11.9 Å². The van der Waals surface area contributed by atoms with Gasteiger partial charge in [-0.3, -0.25) is 9.59 Å². The van der Waals surface area contributed by atoms with Crippen LogP contribution in [-0.4, -0.2) is 64.6 Å². The summed E-state index contributed by atoms with van der Waals surface area (Å²) in [6, 6.07) is 10.2. The van der Waals surface area contributed by atoms with Crippen molar-refractivity contribution >= 4 is 26.8 Å². The number of fused-ring (bicyclic) bond motifs is 1. The molecule has 5 rings (SSSR count). The fourth-order valence-corrected chi connectivity index (χ4v) is 6.36. The van der Waals surface area contributed by atoms with Crippen molar-refractivity contribution in [1.82, 2.24) is 24.4 Å².